The molecule has 1 amide bonds. The van der Waals surface area contributed by atoms with Gasteiger partial charge in [-0.1, -0.05) is 19.3 Å². The molecule has 0 radical (unpaired) electrons. The minimum Gasteiger partial charge on any atom is -0.449 e. The quantitative estimate of drug-likeness (QED) is 0.471. The van der Waals surface area contributed by atoms with Crippen LogP contribution in [-0.4, -0.2) is 31.2 Å². The van der Waals surface area contributed by atoms with Gasteiger partial charge in [-0.25, -0.2) is 4.79 Å². The van der Waals surface area contributed by atoms with Crippen molar-refractivity contribution in [2.75, 3.05) is 20.2 Å². The van der Waals surface area contributed by atoms with Crippen molar-refractivity contribution in [3.63, 3.8) is 0 Å². The Morgan fingerprint density at radius 3 is 2.83 bits per heavy atom. The molecule has 0 heterocycles. The SMILES string of the molecule is C#CCN(C)C(=O)OCCCC. The van der Waals surface area contributed by atoms with Gasteiger partial charge in [-0.15, -0.1) is 6.42 Å². The zero-order valence-corrected chi connectivity index (χ0v) is 7.67. The summed E-state index contributed by atoms with van der Waals surface area (Å²) in [5.41, 5.74) is 0. The third-order valence-corrected chi connectivity index (χ3v) is 1.36. The molecule has 0 aromatic carbocycles. The van der Waals surface area contributed by atoms with Crippen LogP contribution in [0, 0.1) is 12.3 Å². The predicted octanol–water partition coefficient (Wildman–Crippen LogP) is 1.49. The van der Waals surface area contributed by atoms with Crippen LogP contribution in [-0.2, 0) is 4.74 Å². The first-order valence-electron chi connectivity index (χ1n) is 4.03. The van der Waals surface area contributed by atoms with E-state index >= 15 is 0 Å². The molecular formula is C9H15NO2. The third kappa shape index (κ3) is 4.62. The normalized spacial score (nSPS) is 8.75. The molecule has 0 aromatic rings. The zero-order valence-electron chi connectivity index (χ0n) is 7.67. The molecule has 3 nitrogen and oxygen atoms in total. The number of terminal acetylenes is 1. The van der Waals surface area contributed by atoms with Crippen LogP contribution in [0.3, 0.4) is 0 Å². The van der Waals surface area contributed by atoms with Gasteiger partial charge in [0.15, 0.2) is 0 Å². The molecule has 0 aliphatic heterocycles. The molecule has 0 saturated carbocycles. The lowest BCUT2D eigenvalue weighted by atomic mass is 10.4. The van der Waals surface area contributed by atoms with Crippen LogP contribution in [0.2, 0.25) is 0 Å². The highest BCUT2D eigenvalue weighted by Gasteiger charge is 2.06. The van der Waals surface area contributed by atoms with Crippen LogP contribution < -0.4 is 0 Å². The maximum absolute atomic E-state index is 11.0. The van der Waals surface area contributed by atoms with Gasteiger partial charge in [0.25, 0.3) is 0 Å². The Morgan fingerprint density at radius 2 is 2.33 bits per heavy atom. The van der Waals surface area contributed by atoms with E-state index in [-0.39, 0.29) is 6.09 Å². The summed E-state index contributed by atoms with van der Waals surface area (Å²) in [6.07, 6.45) is 6.60. The average Bonchev–Trinajstić information content (AvgIpc) is 2.05. The van der Waals surface area contributed by atoms with Crippen molar-refractivity contribution in [2.45, 2.75) is 19.8 Å². The standard InChI is InChI=1S/C9H15NO2/c1-4-6-8-12-9(11)10(3)7-5-2/h2H,4,6-8H2,1,3H3. The van der Waals surface area contributed by atoms with Crippen molar-refractivity contribution in [3.8, 4) is 12.3 Å². The molecule has 0 N–H and O–H groups in total. The van der Waals surface area contributed by atoms with Crippen molar-refractivity contribution in [1.82, 2.24) is 4.90 Å². The number of nitrogens with zero attached hydrogens (tertiary/aromatic N) is 1. The van der Waals surface area contributed by atoms with Gasteiger partial charge in [0.05, 0.1) is 13.2 Å². The highest BCUT2D eigenvalue weighted by Crippen LogP contribution is 1.92. The van der Waals surface area contributed by atoms with Gasteiger partial charge in [-0.2, -0.15) is 0 Å². The number of hydrogen-bond donors (Lipinski definition) is 0. The minimum atomic E-state index is -0.346. The van der Waals surface area contributed by atoms with Crippen LogP contribution in [0.15, 0.2) is 0 Å². The number of amides is 1. The third-order valence-electron chi connectivity index (χ3n) is 1.36. The molecule has 0 aliphatic carbocycles. The Bertz CT molecular complexity index is 172. The van der Waals surface area contributed by atoms with E-state index in [2.05, 4.69) is 5.92 Å². The van der Waals surface area contributed by atoms with Crippen LogP contribution in [0.25, 0.3) is 0 Å². The Kier molecular flexibility index (Phi) is 5.90. The summed E-state index contributed by atoms with van der Waals surface area (Å²) in [5.74, 6) is 2.36. The lowest BCUT2D eigenvalue weighted by Crippen LogP contribution is -2.27. The topological polar surface area (TPSA) is 29.5 Å². The summed E-state index contributed by atoms with van der Waals surface area (Å²) in [7, 11) is 1.62. The number of hydrogen-bond acceptors (Lipinski definition) is 2. The number of carbonyl (C=O) groups excluding carboxylic acids is 1. The van der Waals surface area contributed by atoms with E-state index in [9.17, 15) is 4.79 Å². The monoisotopic (exact) mass is 169 g/mol. The summed E-state index contributed by atoms with van der Waals surface area (Å²) in [4.78, 5) is 12.4. The first-order chi connectivity index (χ1) is 5.72. The fraction of sp³-hybridized carbons (Fsp3) is 0.667. The second-order valence-electron chi connectivity index (χ2n) is 2.53. The Hall–Kier alpha value is -1.17. The van der Waals surface area contributed by atoms with Gasteiger partial charge in [0.1, 0.15) is 0 Å². The maximum Gasteiger partial charge on any atom is 0.410 e. The van der Waals surface area contributed by atoms with E-state index in [1.165, 1.54) is 4.90 Å². The van der Waals surface area contributed by atoms with E-state index in [1.807, 2.05) is 6.92 Å². The number of carbonyl (C=O) groups is 1. The average molecular weight is 169 g/mol. The van der Waals surface area contributed by atoms with E-state index in [0.29, 0.717) is 13.2 Å². The lowest BCUT2D eigenvalue weighted by molar-refractivity contribution is 0.114. The molecule has 0 aromatic heterocycles. The largest absolute Gasteiger partial charge is 0.449 e. The Labute approximate surface area is 73.7 Å². The molecule has 0 aliphatic rings. The minimum absolute atomic E-state index is 0.297. The molecule has 0 spiro atoms. The van der Waals surface area contributed by atoms with Gasteiger partial charge < -0.3 is 9.64 Å². The van der Waals surface area contributed by atoms with E-state index in [1.54, 1.807) is 7.05 Å². The number of rotatable bonds is 4. The molecule has 3 heteroatoms. The lowest BCUT2D eigenvalue weighted by Gasteiger charge is -2.13. The number of unbranched alkanes of at least 4 members (excludes halogenated alkanes) is 1. The molecule has 0 rings (SSSR count). The predicted molar refractivity (Wildman–Crippen MR) is 47.7 cm³/mol. The summed E-state index contributed by atoms with van der Waals surface area (Å²) in [6.45, 7) is 2.81. The molecule has 12 heavy (non-hydrogen) atoms. The maximum atomic E-state index is 11.0. The summed E-state index contributed by atoms with van der Waals surface area (Å²) < 4.78 is 4.89. The van der Waals surface area contributed by atoms with Crippen LogP contribution >= 0.6 is 0 Å². The van der Waals surface area contributed by atoms with E-state index in [4.69, 9.17) is 11.2 Å². The molecule has 0 fully saturated rings. The van der Waals surface area contributed by atoms with Gasteiger partial charge in [0, 0.05) is 7.05 Å². The van der Waals surface area contributed by atoms with Gasteiger partial charge in [-0.05, 0) is 6.42 Å². The van der Waals surface area contributed by atoms with Gasteiger partial charge >= 0.3 is 6.09 Å². The van der Waals surface area contributed by atoms with Crippen molar-refractivity contribution in [2.24, 2.45) is 0 Å². The van der Waals surface area contributed by atoms with Crippen molar-refractivity contribution in [1.29, 1.82) is 0 Å². The van der Waals surface area contributed by atoms with E-state index < -0.39 is 0 Å². The summed E-state index contributed by atoms with van der Waals surface area (Å²) >= 11 is 0. The van der Waals surface area contributed by atoms with Crippen molar-refractivity contribution in [3.05, 3.63) is 0 Å². The van der Waals surface area contributed by atoms with Gasteiger partial charge in [-0.3, -0.25) is 0 Å². The first kappa shape index (κ1) is 10.8. The molecule has 68 valence electrons. The number of ether oxygens (including phenoxy) is 1. The van der Waals surface area contributed by atoms with E-state index in [0.717, 1.165) is 12.8 Å². The van der Waals surface area contributed by atoms with Crippen molar-refractivity contribution < 1.29 is 9.53 Å². The van der Waals surface area contributed by atoms with Crippen LogP contribution in [0.5, 0.6) is 0 Å². The zero-order chi connectivity index (χ0) is 9.40. The molecule has 0 unspecified atom stereocenters. The van der Waals surface area contributed by atoms with Crippen LogP contribution in [0.4, 0.5) is 4.79 Å². The summed E-state index contributed by atoms with van der Waals surface area (Å²) in [6, 6.07) is 0. The molecule has 0 bridgehead atoms. The molecule has 0 atom stereocenters. The fourth-order valence-electron chi connectivity index (χ4n) is 0.615. The second-order valence-corrected chi connectivity index (χ2v) is 2.53. The first-order valence-corrected chi connectivity index (χ1v) is 4.03. The second kappa shape index (κ2) is 6.53. The van der Waals surface area contributed by atoms with Gasteiger partial charge in [0.2, 0.25) is 0 Å². The van der Waals surface area contributed by atoms with Crippen LogP contribution in [0.1, 0.15) is 19.8 Å². The molecular weight excluding hydrogens is 154 g/mol. The Morgan fingerprint density at radius 1 is 1.67 bits per heavy atom. The Balaban J connectivity index is 3.51. The van der Waals surface area contributed by atoms with Crippen molar-refractivity contribution >= 4 is 6.09 Å². The highest BCUT2D eigenvalue weighted by atomic mass is 16.6. The molecule has 0 saturated heterocycles. The smallest absolute Gasteiger partial charge is 0.410 e. The highest BCUT2D eigenvalue weighted by molar-refractivity contribution is 5.67. The fourth-order valence-corrected chi connectivity index (χ4v) is 0.615. The summed E-state index contributed by atoms with van der Waals surface area (Å²) in [5, 5.41) is 0.